The number of nitrogens with zero attached hydrogens (tertiary/aromatic N) is 1. The van der Waals surface area contributed by atoms with Crippen molar-refractivity contribution in [3.8, 4) is 0 Å². The first-order valence-electron chi connectivity index (χ1n) is 14.9. The van der Waals surface area contributed by atoms with Crippen molar-refractivity contribution in [2.75, 3.05) is 19.6 Å². The Hall–Kier alpha value is -3.38. The van der Waals surface area contributed by atoms with Crippen LogP contribution in [-0.4, -0.2) is 41.7 Å². The van der Waals surface area contributed by atoms with Crippen molar-refractivity contribution in [1.82, 2.24) is 10.2 Å². The van der Waals surface area contributed by atoms with Crippen LogP contribution in [0.4, 0.5) is 22.0 Å². The van der Waals surface area contributed by atoms with Crippen LogP contribution in [0.1, 0.15) is 83.5 Å². The molecule has 44 heavy (non-hydrogen) atoms. The van der Waals surface area contributed by atoms with Gasteiger partial charge in [0.05, 0.1) is 18.8 Å². The number of halogens is 5. The van der Waals surface area contributed by atoms with Crippen LogP contribution in [0.2, 0.25) is 0 Å². The molecule has 0 bridgehead atoms. The summed E-state index contributed by atoms with van der Waals surface area (Å²) in [6.07, 6.45) is 5.64. The third-order valence-corrected chi connectivity index (χ3v) is 8.17. The number of aliphatic hydroxyl groups excluding tert-OH is 1. The molecule has 2 fully saturated rings. The predicted octanol–water partition coefficient (Wildman–Crippen LogP) is 6.62. The molecule has 2 N–H and O–H groups in total. The Morgan fingerprint density at radius 2 is 1.30 bits per heavy atom. The van der Waals surface area contributed by atoms with Gasteiger partial charge in [0.1, 0.15) is 5.56 Å². The van der Waals surface area contributed by atoms with Gasteiger partial charge in [0.2, 0.25) is 5.82 Å². The van der Waals surface area contributed by atoms with Gasteiger partial charge in [0.25, 0.3) is 5.91 Å². The molecule has 2 heterocycles. The Balaban J connectivity index is 1.28. The lowest BCUT2D eigenvalue weighted by Gasteiger charge is -2.38. The van der Waals surface area contributed by atoms with Crippen molar-refractivity contribution in [2.45, 2.75) is 70.2 Å². The number of amides is 1. The van der Waals surface area contributed by atoms with Gasteiger partial charge in [-0.3, -0.25) is 4.79 Å². The highest BCUT2D eigenvalue weighted by molar-refractivity contribution is 5.94. The second-order valence-corrected chi connectivity index (χ2v) is 11.3. The zero-order valence-electron chi connectivity index (χ0n) is 24.1. The molecule has 5 rings (SSSR count). The first kappa shape index (κ1) is 32.0. The van der Waals surface area contributed by atoms with Crippen molar-refractivity contribution >= 4 is 5.91 Å². The molecular formula is C33H35F5N2O4. The molecule has 0 radical (unpaired) electrons. The van der Waals surface area contributed by atoms with E-state index in [1.54, 1.807) is 24.3 Å². The Morgan fingerprint density at radius 1 is 0.750 bits per heavy atom. The molecule has 2 aliphatic heterocycles. The Bertz CT molecular complexity index is 1400. The van der Waals surface area contributed by atoms with E-state index in [0.717, 1.165) is 43.6 Å². The molecule has 3 unspecified atom stereocenters. The van der Waals surface area contributed by atoms with Crippen molar-refractivity contribution in [2.24, 2.45) is 0 Å². The van der Waals surface area contributed by atoms with Crippen LogP contribution in [0.5, 0.6) is 0 Å². The van der Waals surface area contributed by atoms with Crippen molar-refractivity contribution in [3.05, 3.63) is 105 Å². The molecule has 2 aliphatic rings. The van der Waals surface area contributed by atoms with Crippen LogP contribution in [0.25, 0.3) is 0 Å². The van der Waals surface area contributed by atoms with Gasteiger partial charge in [-0.2, -0.15) is 0 Å². The summed E-state index contributed by atoms with van der Waals surface area (Å²) in [5.41, 5.74) is 1.48. The van der Waals surface area contributed by atoms with Crippen LogP contribution in [0.15, 0.2) is 48.5 Å². The lowest BCUT2D eigenvalue weighted by atomic mass is 9.99. The van der Waals surface area contributed by atoms with Crippen molar-refractivity contribution < 1.29 is 41.3 Å². The molecule has 3 atom stereocenters. The van der Waals surface area contributed by atoms with Gasteiger partial charge in [-0.1, -0.05) is 67.8 Å². The minimum Gasteiger partial charge on any atom is -0.392 e. The molecule has 0 aliphatic carbocycles. The maximum absolute atomic E-state index is 14.0. The zero-order chi connectivity index (χ0) is 31.2. The quantitative estimate of drug-likeness (QED) is 0.169. The van der Waals surface area contributed by atoms with E-state index in [1.165, 1.54) is 19.3 Å². The normalized spacial score (nSPS) is 21.5. The number of nitrogens with one attached hydrogen (secondary N) is 1. The van der Waals surface area contributed by atoms with E-state index < -0.39 is 46.8 Å². The number of benzene rings is 3. The highest BCUT2D eigenvalue weighted by Crippen LogP contribution is 2.38. The molecule has 236 valence electrons. The van der Waals surface area contributed by atoms with Crippen LogP contribution >= 0.6 is 0 Å². The van der Waals surface area contributed by atoms with E-state index >= 15 is 0 Å². The average molecular weight is 619 g/mol. The molecule has 0 saturated carbocycles. The zero-order valence-corrected chi connectivity index (χ0v) is 24.1. The van der Waals surface area contributed by atoms with Crippen LogP contribution in [-0.2, 0) is 22.6 Å². The summed E-state index contributed by atoms with van der Waals surface area (Å²) in [7, 11) is 0. The Morgan fingerprint density at radius 3 is 1.91 bits per heavy atom. The predicted molar refractivity (Wildman–Crippen MR) is 152 cm³/mol. The van der Waals surface area contributed by atoms with Crippen molar-refractivity contribution in [3.63, 3.8) is 0 Å². The van der Waals surface area contributed by atoms with Gasteiger partial charge in [-0.05, 0) is 42.6 Å². The molecule has 11 heteroatoms. The lowest BCUT2D eigenvalue weighted by molar-refractivity contribution is -0.253. The number of hydrogen-bond donors (Lipinski definition) is 2. The van der Waals surface area contributed by atoms with Gasteiger partial charge in [-0.15, -0.1) is 0 Å². The first-order valence-corrected chi connectivity index (χ1v) is 14.9. The molecule has 6 nitrogen and oxygen atoms in total. The largest absolute Gasteiger partial charge is 0.392 e. The van der Waals surface area contributed by atoms with Crippen molar-refractivity contribution in [1.29, 1.82) is 0 Å². The molecular weight excluding hydrogens is 583 g/mol. The number of aliphatic hydroxyl groups is 1. The van der Waals surface area contributed by atoms with E-state index in [-0.39, 0.29) is 25.4 Å². The molecule has 2 saturated heterocycles. The molecule has 1 amide bonds. The molecule has 3 aromatic rings. The monoisotopic (exact) mass is 618 g/mol. The van der Waals surface area contributed by atoms with E-state index in [1.807, 2.05) is 24.3 Å². The second-order valence-electron chi connectivity index (χ2n) is 11.3. The lowest BCUT2D eigenvalue weighted by Crippen LogP contribution is -2.40. The number of ether oxygens (including phenoxy) is 2. The van der Waals surface area contributed by atoms with Crippen LogP contribution < -0.4 is 5.32 Å². The second kappa shape index (κ2) is 14.6. The van der Waals surface area contributed by atoms with E-state index in [4.69, 9.17) is 9.47 Å². The minimum absolute atomic E-state index is 0.0521. The Kier molecular flexibility index (Phi) is 10.6. The SMILES string of the molecule is O=C(NCc1ccc(C2OC(CN3CCCCCCC3)CC(c3ccc(CO)cc3)O2)cc1)c1c(F)c(F)c(F)c(F)c1F. The number of rotatable bonds is 8. The fourth-order valence-electron chi connectivity index (χ4n) is 5.68. The number of hydrogen-bond acceptors (Lipinski definition) is 5. The third kappa shape index (κ3) is 7.46. The van der Waals surface area contributed by atoms with Gasteiger partial charge in [0, 0.05) is 25.1 Å². The highest BCUT2D eigenvalue weighted by atomic mass is 19.2. The summed E-state index contributed by atoms with van der Waals surface area (Å²) < 4.78 is 81.3. The summed E-state index contributed by atoms with van der Waals surface area (Å²) in [6, 6.07) is 14.4. The maximum atomic E-state index is 14.0. The fourth-order valence-corrected chi connectivity index (χ4v) is 5.68. The molecule has 0 spiro atoms. The maximum Gasteiger partial charge on any atom is 0.257 e. The highest BCUT2D eigenvalue weighted by Gasteiger charge is 2.33. The van der Waals surface area contributed by atoms with Crippen LogP contribution in [0.3, 0.4) is 0 Å². The van der Waals surface area contributed by atoms with Crippen LogP contribution in [0, 0.1) is 29.1 Å². The minimum atomic E-state index is -2.33. The Labute approximate surface area is 252 Å². The van der Waals surface area contributed by atoms with Gasteiger partial charge < -0.3 is 24.8 Å². The fraction of sp³-hybridized carbons (Fsp3) is 0.424. The number of carbonyl (C=O) groups is 1. The summed E-state index contributed by atoms with van der Waals surface area (Å²) in [6.45, 7) is 2.54. The summed E-state index contributed by atoms with van der Waals surface area (Å²) in [4.78, 5) is 14.8. The van der Waals surface area contributed by atoms with E-state index in [0.29, 0.717) is 17.5 Å². The number of carbonyl (C=O) groups excluding carboxylic acids is 1. The summed E-state index contributed by atoms with van der Waals surface area (Å²) in [5.74, 6) is -12.5. The van der Waals surface area contributed by atoms with Gasteiger partial charge in [0.15, 0.2) is 29.6 Å². The van der Waals surface area contributed by atoms with Gasteiger partial charge in [-0.25, -0.2) is 22.0 Å². The first-order chi connectivity index (χ1) is 21.2. The summed E-state index contributed by atoms with van der Waals surface area (Å²) in [5, 5.41) is 11.7. The summed E-state index contributed by atoms with van der Waals surface area (Å²) >= 11 is 0. The molecule has 3 aromatic carbocycles. The topological polar surface area (TPSA) is 71.0 Å². The van der Waals surface area contributed by atoms with E-state index in [9.17, 15) is 31.9 Å². The average Bonchev–Trinajstić information content (AvgIpc) is 3.03. The van der Waals surface area contributed by atoms with Gasteiger partial charge >= 0.3 is 0 Å². The third-order valence-electron chi connectivity index (χ3n) is 8.17. The number of likely N-dealkylation sites (tertiary alicyclic amines) is 1. The van der Waals surface area contributed by atoms with E-state index in [2.05, 4.69) is 10.2 Å². The molecule has 0 aromatic heterocycles. The standard InChI is InChI=1S/C33H35F5N2O4/c34-27-26(28(35)30(37)31(38)29(27)36)32(42)39-17-20-6-12-23(13-7-20)33-43-24(18-40-14-4-2-1-3-5-15-40)16-25(44-33)22-10-8-21(19-41)9-11-22/h6-13,24-25,33,41H,1-5,14-19H2,(H,39,42). The smallest absolute Gasteiger partial charge is 0.257 e.